The van der Waals surface area contributed by atoms with Crippen molar-refractivity contribution in [1.29, 1.82) is 0 Å². The first-order valence-electron chi connectivity index (χ1n) is 13.4. The molecule has 4 nitrogen and oxygen atoms in total. The highest BCUT2D eigenvalue weighted by molar-refractivity contribution is 5.96. The zero-order valence-electron chi connectivity index (χ0n) is 23.6. The first-order chi connectivity index (χ1) is 18.4. The van der Waals surface area contributed by atoms with Crippen LogP contribution in [0.5, 0.6) is 11.6 Å². The van der Waals surface area contributed by atoms with Gasteiger partial charge in [-0.3, -0.25) is 4.99 Å². The number of nitrogens with zero attached hydrogens (tertiary/aromatic N) is 2. The predicted molar refractivity (Wildman–Crippen MR) is 159 cm³/mol. The summed E-state index contributed by atoms with van der Waals surface area (Å²) in [6, 6.07) is 25.5. The normalized spacial score (nSPS) is 16.8. The Hall–Kier alpha value is -3.92. The quantitative estimate of drug-likeness (QED) is 0.260. The van der Waals surface area contributed by atoms with Crippen LogP contribution in [0.25, 0.3) is 22.0 Å². The van der Waals surface area contributed by atoms with Gasteiger partial charge in [0.1, 0.15) is 12.4 Å². The zero-order valence-corrected chi connectivity index (χ0v) is 23.6. The van der Waals surface area contributed by atoms with Crippen LogP contribution in [0.1, 0.15) is 58.2 Å². The number of methoxy groups -OCH3 is 1. The van der Waals surface area contributed by atoms with Gasteiger partial charge in [0.25, 0.3) is 0 Å². The Morgan fingerprint density at radius 3 is 2.53 bits per heavy atom. The number of benzene rings is 3. The summed E-state index contributed by atoms with van der Waals surface area (Å²) < 4.78 is 11.8. The number of allylic oxidation sites excluding steroid dienone is 1. The number of aromatic nitrogens is 1. The lowest BCUT2D eigenvalue weighted by atomic mass is 9.70. The smallest absolute Gasteiger partial charge is 0.214 e. The Kier molecular flexibility index (Phi) is 8.31. The highest BCUT2D eigenvalue weighted by Crippen LogP contribution is 2.42. The molecule has 0 fully saturated rings. The number of aliphatic imine (C=N–C) groups is 1. The third-order valence-electron chi connectivity index (χ3n) is 7.07. The fourth-order valence-corrected chi connectivity index (χ4v) is 4.83. The molecule has 3 aromatic carbocycles. The van der Waals surface area contributed by atoms with Gasteiger partial charge in [-0.25, -0.2) is 4.98 Å². The number of fused-ring (bicyclic) bond motifs is 6. The molecule has 0 saturated carbocycles. The van der Waals surface area contributed by atoms with Crippen LogP contribution in [0.15, 0.2) is 89.6 Å². The van der Waals surface area contributed by atoms with E-state index in [0.29, 0.717) is 18.4 Å². The van der Waals surface area contributed by atoms with Crippen LogP contribution < -0.4 is 9.47 Å². The molecule has 0 spiro atoms. The molecule has 6 bridgehead atoms. The SMILES string of the molecule is CC.COc1cc2c3cc(ccc3n1)C(C)(/C(C)=C/N=CC(C)C)c1cccc(c1)COc1cccc-2c1. The first kappa shape index (κ1) is 27.1. The minimum Gasteiger partial charge on any atom is -0.489 e. The number of hydrogen-bond acceptors (Lipinski definition) is 4. The second-order valence-corrected chi connectivity index (χ2v) is 9.94. The summed E-state index contributed by atoms with van der Waals surface area (Å²) in [6.07, 6.45) is 3.99. The molecule has 196 valence electrons. The van der Waals surface area contributed by atoms with Crippen LogP contribution >= 0.6 is 0 Å². The van der Waals surface area contributed by atoms with Crippen molar-refractivity contribution in [3.63, 3.8) is 0 Å². The molecule has 1 atom stereocenters. The van der Waals surface area contributed by atoms with E-state index in [1.54, 1.807) is 7.11 Å². The van der Waals surface area contributed by atoms with Crippen LogP contribution in [0, 0.1) is 5.92 Å². The highest BCUT2D eigenvalue weighted by atomic mass is 16.5. The van der Waals surface area contributed by atoms with Crippen molar-refractivity contribution in [3.8, 4) is 22.8 Å². The monoisotopic (exact) mass is 506 g/mol. The van der Waals surface area contributed by atoms with E-state index in [2.05, 4.69) is 87.3 Å². The molecular formula is C34H38N2O2. The molecule has 1 aliphatic heterocycles. The van der Waals surface area contributed by atoms with Crippen molar-refractivity contribution < 1.29 is 9.47 Å². The highest BCUT2D eigenvalue weighted by Gasteiger charge is 2.32. The summed E-state index contributed by atoms with van der Waals surface area (Å²) in [4.78, 5) is 9.40. The summed E-state index contributed by atoms with van der Waals surface area (Å²) in [5.74, 6) is 1.81. The van der Waals surface area contributed by atoms with Crippen LogP contribution in [0.4, 0.5) is 0 Å². The Balaban J connectivity index is 0.00000164. The Bertz CT molecular complexity index is 1490. The molecule has 1 aromatic heterocycles. The van der Waals surface area contributed by atoms with Gasteiger partial charge in [0.2, 0.25) is 5.88 Å². The second-order valence-electron chi connectivity index (χ2n) is 9.94. The molecule has 2 heterocycles. The Labute approximate surface area is 227 Å². The van der Waals surface area contributed by atoms with E-state index in [-0.39, 0.29) is 0 Å². The van der Waals surface area contributed by atoms with Crippen LogP contribution in [-0.4, -0.2) is 18.3 Å². The number of ether oxygens (including phenoxy) is 2. The number of hydrogen-bond donors (Lipinski definition) is 0. The number of pyridine rings is 1. The third kappa shape index (κ3) is 5.35. The average Bonchev–Trinajstić information content (AvgIpc) is 2.95. The topological polar surface area (TPSA) is 43.7 Å². The van der Waals surface area contributed by atoms with E-state index in [1.165, 1.54) is 11.1 Å². The average molecular weight is 507 g/mol. The minimum atomic E-state index is -0.400. The Morgan fingerprint density at radius 2 is 1.76 bits per heavy atom. The molecule has 0 saturated heterocycles. The van der Waals surface area contributed by atoms with Crippen molar-refractivity contribution >= 4 is 17.1 Å². The minimum absolute atomic E-state index is 0.390. The van der Waals surface area contributed by atoms with Gasteiger partial charge >= 0.3 is 0 Å². The number of rotatable bonds is 4. The molecule has 4 aromatic rings. The van der Waals surface area contributed by atoms with Crippen molar-refractivity contribution in [2.45, 2.75) is 53.6 Å². The fraction of sp³-hybridized carbons (Fsp3) is 0.294. The van der Waals surface area contributed by atoms with E-state index < -0.39 is 5.41 Å². The molecule has 0 N–H and O–H groups in total. The van der Waals surface area contributed by atoms with Gasteiger partial charge < -0.3 is 9.47 Å². The molecule has 4 heteroatoms. The predicted octanol–water partition coefficient (Wildman–Crippen LogP) is 8.77. The van der Waals surface area contributed by atoms with Crippen molar-refractivity contribution in [2.24, 2.45) is 10.9 Å². The van der Waals surface area contributed by atoms with E-state index in [4.69, 9.17) is 14.5 Å². The van der Waals surface area contributed by atoms with Crippen LogP contribution in [0.2, 0.25) is 0 Å². The zero-order chi connectivity index (χ0) is 27.3. The summed E-state index contributed by atoms with van der Waals surface area (Å²) in [6.45, 7) is 13.2. The van der Waals surface area contributed by atoms with Gasteiger partial charge in [0.05, 0.1) is 12.6 Å². The van der Waals surface area contributed by atoms with Crippen LogP contribution in [0.3, 0.4) is 0 Å². The molecular weight excluding hydrogens is 468 g/mol. The standard InChI is InChI=1S/C32H32N2O2.C2H6/c1-21(2)18-33-19-22(3)32(4)25-10-6-8-23(14-25)20-36-27-11-7-9-24(15-27)28-17-31(35-5)34-30-13-12-26(32)16-29(28)30;1-2/h6-19,21H,20H2,1-5H3;1-2H3/b22-19+,33-18?;. The largest absolute Gasteiger partial charge is 0.489 e. The first-order valence-corrected chi connectivity index (χ1v) is 13.4. The summed E-state index contributed by atoms with van der Waals surface area (Å²) in [5, 5.41) is 1.07. The van der Waals surface area contributed by atoms with Crippen molar-refractivity contribution in [2.75, 3.05) is 7.11 Å². The van der Waals surface area contributed by atoms with E-state index in [0.717, 1.165) is 38.9 Å². The Morgan fingerprint density at radius 1 is 1.00 bits per heavy atom. The summed E-state index contributed by atoms with van der Waals surface area (Å²) >= 11 is 0. The molecule has 38 heavy (non-hydrogen) atoms. The summed E-state index contributed by atoms with van der Waals surface area (Å²) in [5.41, 5.74) is 7.30. The summed E-state index contributed by atoms with van der Waals surface area (Å²) in [7, 11) is 1.66. The molecule has 0 amide bonds. The van der Waals surface area contributed by atoms with Gasteiger partial charge in [0.15, 0.2) is 0 Å². The lowest BCUT2D eigenvalue weighted by molar-refractivity contribution is 0.306. The molecule has 0 radical (unpaired) electrons. The lowest BCUT2D eigenvalue weighted by Crippen LogP contribution is -2.25. The van der Waals surface area contributed by atoms with Gasteiger partial charge in [-0.2, -0.15) is 0 Å². The fourth-order valence-electron chi connectivity index (χ4n) is 4.83. The maximum absolute atomic E-state index is 6.25. The van der Waals surface area contributed by atoms with Gasteiger partial charge in [-0.15, -0.1) is 0 Å². The lowest BCUT2D eigenvalue weighted by Gasteiger charge is -2.33. The van der Waals surface area contributed by atoms with E-state index in [9.17, 15) is 0 Å². The second kappa shape index (κ2) is 11.6. The third-order valence-corrected chi connectivity index (χ3v) is 7.07. The maximum Gasteiger partial charge on any atom is 0.214 e. The van der Waals surface area contributed by atoms with E-state index >= 15 is 0 Å². The van der Waals surface area contributed by atoms with E-state index in [1.807, 2.05) is 44.5 Å². The van der Waals surface area contributed by atoms with Gasteiger partial charge in [-0.05, 0) is 77.4 Å². The van der Waals surface area contributed by atoms with Crippen molar-refractivity contribution in [3.05, 3.63) is 101 Å². The van der Waals surface area contributed by atoms with Crippen LogP contribution in [-0.2, 0) is 12.0 Å². The molecule has 1 unspecified atom stereocenters. The molecule has 0 aliphatic carbocycles. The maximum atomic E-state index is 6.25. The van der Waals surface area contributed by atoms with Gasteiger partial charge in [0, 0.05) is 29.3 Å². The molecule has 5 rings (SSSR count). The van der Waals surface area contributed by atoms with Gasteiger partial charge in [-0.1, -0.05) is 70.2 Å². The molecule has 1 aliphatic rings. The van der Waals surface area contributed by atoms with Crippen molar-refractivity contribution in [1.82, 2.24) is 4.98 Å².